The molecule has 1 amide bonds. The van der Waals surface area contributed by atoms with Gasteiger partial charge in [-0.15, -0.1) is 11.8 Å². The van der Waals surface area contributed by atoms with Gasteiger partial charge in [-0.25, -0.2) is 0 Å². The van der Waals surface area contributed by atoms with Gasteiger partial charge in [-0.05, 0) is 48.7 Å². The largest absolute Gasteiger partial charge is 0.496 e. The lowest BCUT2D eigenvalue weighted by Crippen LogP contribution is -2.25. The molecule has 0 aliphatic heterocycles. The van der Waals surface area contributed by atoms with Crippen LogP contribution in [0.3, 0.4) is 0 Å². The number of amides is 1. The summed E-state index contributed by atoms with van der Waals surface area (Å²) in [6.07, 6.45) is 2.31. The molecule has 0 bridgehead atoms. The molecular formula is C19H22ClNO2S. The minimum Gasteiger partial charge on any atom is -0.496 e. The highest BCUT2D eigenvalue weighted by Gasteiger charge is 2.04. The fraction of sp³-hybridized carbons (Fsp3) is 0.316. The van der Waals surface area contributed by atoms with E-state index in [1.807, 2.05) is 42.5 Å². The van der Waals surface area contributed by atoms with Gasteiger partial charge in [-0.2, -0.15) is 0 Å². The second kappa shape index (κ2) is 10.3. The van der Waals surface area contributed by atoms with Crippen LogP contribution in [0.4, 0.5) is 0 Å². The first kappa shape index (κ1) is 18.7. The van der Waals surface area contributed by atoms with Crippen LogP contribution in [0, 0.1) is 0 Å². The predicted molar refractivity (Wildman–Crippen MR) is 101 cm³/mol. The minimum absolute atomic E-state index is 0.0940. The highest BCUT2D eigenvalue weighted by Crippen LogP contribution is 2.21. The molecule has 3 nitrogen and oxygen atoms in total. The summed E-state index contributed by atoms with van der Waals surface area (Å²) in [7, 11) is 1.68. The minimum atomic E-state index is 0.0940. The van der Waals surface area contributed by atoms with E-state index < -0.39 is 0 Å². The monoisotopic (exact) mass is 363 g/mol. The van der Waals surface area contributed by atoms with Crippen LogP contribution in [0.2, 0.25) is 5.02 Å². The third-order valence-corrected chi connectivity index (χ3v) is 4.81. The Morgan fingerprint density at radius 1 is 1.17 bits per heavy atom. The van der Waals surface area contributed by atoms with Crippen LogP contribution in [0.5, 0.6) is 5.75 Å². The Morgan fingerprint density at radius 2 is 1.92 bits per heavy atom. The summed E-state index contributed by atoms with van der Waals surface area (Å²) in [5.41, 5.74) is 1.17. The fourth-order valence-corrected chi connectivity index (χ4v) is 3.27. The number of rotatable bonds is 9. The second-order valence-corrected chi connectivity index (χ2v) is 6.92. The SMILES string of the molecule is COc1ccccc1CCCNC(=O)CCSc1ccc(Cl)cc1. The van der Waals surface area contributed by atoms with Crippen molar-refractivity contribution in [1.82, 2.24) is 5.32 Å². The maximum atomic E-state index is 11.9. The van der Waals surface area contributed by atoms with Gasteiger partial charge in [0.15, 0.2) is 0 Å². The topological polar surface area (TPSA) is 38.3 Å². The summed E-state index contributed by atoms with van der Waals surface area (Å²) in [4.78, 5) is 13.0. The molecule has 0 unspecified atom stereocenters. The predicted octanol–water partition coefficient (Wildman–Crippen LogP) is 4.58. The van der Waals surface area contributed by atoms with E-state index in [-0.39, 0.29) is 5.91 Å². The zero-order valence-corrected chi connectivity index (χ0v) is 15.3. The van der Waals surface area contributed by atoms with Gasteiger partial charge in [0.25, 0.3) is 0 Å². The number of halogens is 1. The molecule has 2 rings (SSSR count). The van der Waals surface area contributed by atoms with Gasteiger partial charge < -0.3 is 10.1 Å². The first-order chi connectivity index (χ1) is 11.7. The van der Waals surface area contributed by atoms with Gasteiger partial charge in [-0.1, -0.05) is 29.8 Å². The van der Waals surface area contributed by atoms with Crippen molar-refractivity contribution in [3.05, 3.63) is 59.1 Å². The van der Waals surface area contributed by atoms with Gasteiger partial charge in [0.1, 0.15) is 5.75 Å². The lowest BCUT2D eigenvalue weighted by molar-refractivity contribution is -0.120. The molecule has 128 valence electrons. The van der Waals surface area contributed by atoms with Gasteiger partial charge in [0.2, 0.25) is 5.91 Å². The third kappa shape index (κ3) is 6.46. The number of thioether (sulfide) groups is 1. The van der Waals surface area contributed by atoms with Crippen LogP contribution in [0.1, 0.15) is 18.4 Å². The van der Waals surface area contributed by atoms with Gasteiger partial charge in [0.05, 0.1) is 7.11 Å². The van der Waals surface area contributed by atoms with Crippen molar-refractivity contribution >= 4 is 29.3 Å². The van der Waals surface area contributed by atoms with Gasteiger partial charge in [-0.3, -0.25) is 4.79 Å². The van der Waals surface area contributed by atoms with Gasteiger partial charge in [0, 0.05) is 28.6 Å². The van der Waals surface area contributed by atoms with Crippen molar-refractivity contribution in [2.24, 2.45) is 0 Å². The second-order valence-electron chi connectivity index (χ2n) is 5.32. The van der Waals surface area contributed by atoms with Gasteiger partial charge >= 0.3 is 0 Å². The number of para-hydroxylation sites is 1. The van der Waals surface area contributed by atoms with E-state index in [0.717, 1.165) is 34.3 Å². The standard InChI is InChI=1S/C19H22ClNO2S/c1-23-18-7-3-2-5-15(18)6-4-13-21-19(22)12-14-24-17-10-8-16(20)9-11-17/h2-3,5,7-11H,4,6,12-14H2,1H3,(H,21,22). The summed E-state index contributed by atoms with van der Waals surface area (Å²) in [5, 5.41) is 3.70. The summed E-state index contributed by atoms with van der Waals surface area (Å²) < 4.78 is 5.33. The van der Waals surface area contributed by atoms with Crippen LogP contribution < -0.4 is 10.1 Å². The van der Waals surface area contributed by atoms with Crippen LogP contribution in [0.25, 0.3) is 0 Å². The van der Waals surface area contributed by atoms with Crippen LogP contribution in [0.15, 0.2) is 53.4 Å². The Balaban J connectivity index is 1.60. The number of aryl methyl sites for hydroxylation is 1. The zero-order chi connectivity index (χ0) is 17.2. The van der Waals surface area contributed by atoms with Crippen LogP contribution in [-0.4, -0.2) is 25.3 Å². The number of hydrogen-bond acceptors (Lipinski definition) is 3. The zero-order valence-electron chi connectivity index (χ0n) is 13.8. The average Bonchev–Trinajstić information content (AvgIpc) is 2.61. The van der Waals surface area contributed by atoms with Crippen LogP contribution in [-0.2, 0) is 11.2 Å². The maximum Gasteiger partial charge on any atom is 0.220 e. The molecule has 0 aliphatic rings. The number of ether oxygens (including phenoxy) is 1. The molecule has 0 radical (unpaired) electrons. The molecule has 0 fully saturated rings. The first-order valence-electron chi connectivity index (χ1n) is 7.96. The number of carbonyl (C=O) groups excluding carboxylic acids is 1. The molecule has 0 heterocycles. The lowest BCUT2D eigenvalue weighted by atomic mass is 10.1. The van der Waals surface area contributed by atoms with E-state index in [9.17, 15) is 4.79 Å². The molecule has 24 heavy (non-hydrogen) atoms. The van der Waals surface area contributed by atoms with E-state index in [1.165, 1.54) is 5.56 Å². The fourth-order valence-electron chi connectivity index (χ4n) is 2.30. The Morgan fingerprint density at radius 3 is 2.67 bits per heavy atom. The normalized spacial score (nSPS) is 10.4. The molecule has 2 aromatic carbocycles. The van der Waals surface area contributed by atoms with Crippen molar-refractivity contribution in [2.75, 3.05) is 19.4 Å². The smallest absolute Gasteiger partial charge is 0.220 e. The molecule has 0 spiro atoms. The highest BCUT2D eigenvalue weighted by molar-refractivity contribution is 7.99. The van der Waals surface area contributed by atoms with E-state index in [0.29, 0.717) is 13.0 Å². The molecule has 0 aliphatic carbocycles. The van der Waals surface area contributed by atoms with E-state index in [2.05, 4.69) is 11.4 Å². The Hall–Kier alpha value is -1.65. The van der Waals surface area contributed by atoms with Crippen molar-refractivity contribution in [3.63, 3.8) is 0 Å². The average molecular weight is 364 g/mol. The molecule has 0 atom stereocenters. The molecule has 2 aromatic rings. The van der Waals surface area contributed by atoms with E-state index in [1.54, 1.807) is 18.9 Å². The molecule has 5 heteroatoms. The van der Waals surface area contributed by atoms with E-state index >= 15 is 0 Å². The molecule has 0 aromatic heterocycles. The highest BCUT2D eigenvalue weighted by atomic mass is 35.5. The summed E-state index contributed by atoms with van der Waals surface area (Å²) >= 11 is 7.51. The Labute approximate surface area is 152 Å². The quantitative estimate of drug-likeness (QED) is 0.523. The summed E-state index contributed by atoms with van der Waals surface area (Å²) in [5.74, 6) is 1.76. The third-order valence-electron chi connectivity index (χ3n) is 3.55. The Kier molecular flexibility index (Phi) is 7.99. The molecule has 0 saturated heterocycles. The van der Waals surface area contributed by atoms with E-state index in [4.69, 9.17) is 16.3 Å². The maximum absolute atomic E-state index is 11.9. The number of carbonyl (C=O) groups is 1. The first-order valence-corrected chi connectivity index (χ1v) is 9.32. The van der Waals surface area contributed by atoms with Crippen LogP contribution >= 0.6 is 23.4 Å². The number of benzene rings is 2. The molecular weight excluding hydrogens is 342 g/mol. The summed E-state index contributed by atoms with van der Waals surface area (Å²) in [6, 6.07) is 15.7. The lowest BCUT2D eigenvalue weighted by Gasteiger charge is -2.09. The van der Waals surface area contributed by atoms with Crippen molar-refractivity contribution in [2.45, 2.75) is 24.2 Å². The Bertz CT molecular complexity index is 646. The van der Waals surface area contributed by atoms with Crippen molar-refractivity contribution in [3.8, 4) is 5.75 Å². The van der Waals surface area contributed by atoms with Crippen molar-refractivity contribution in [1.29, 1.82) is 0 Å². The number of nitrogens with one attached hydrogen (secondary N) is 1. The van der Waals surface area contributed by atoms with Crippen molar-refractivity contribution < 1.29 is 9.53 Å². The molecule has 0 saturated carbocycles. The number of hydrogen-bond donors (Lipinski definition) is 1. The molecule has 1 N–H and O–H groups in total. The number of methoxy groups -OCH3 is 1. The summed E-state index contributed by atoms with van der Waals surface area (Å²) in [6.45, 7) is 0.683.